The molecule has 178 valence electrons. The van der Waals surface area contributed by atoms with Crippen molar-refractivity contribution in [1.29, 1.82) is 5.26 Å². The van der Waals surface area contributed by atoms with Crippen LogP contribution in [0.2, 0.25) is 0 Å². The fourth-order valence-electron chi connectivity index (χ4n) is 3.02. The summed E-state index contributed by atoms with van der Waals surface area (Å²) >= 11 is 0. The summed E-state index contributed by atoms with van der Waals surface area (Å²) in [7, 11) is 2.93. The zero-order chi connectivity index (χ0) is 25.2. The number of halogens is 1. The number of carbonyl (C=O) groups excluding carboxylic acids is 2. The number of carbonyl (C=O) groups is 2. The van der Waals surface area contributed by atoms with Gasteiger partial charge in [-0.05, 0) is 60.2 Å². The number of para-hydroxylation sites is 2. The van der Waals surface area contributed by atoms with Crippen molar-refractivity contribution in [2.45, 2.75) is 0 Å². The van der Waals surface area contributed by atoms with Crippen LogP contribution in [0.25, 0.3) is 6.08 Å². The summed E-state index contributed by atoms with van der Waals surface area (Å²) in [4.78, 5) is 24.7. The van der Waals surface area contributed by atoms with E-state index in [0.717, 1.165) is 0 Å². The number of anilines is 2. The predicted molar refractivity (Wildman–Crippen MR) is 129 cm³/mol. The van der Waals surface area contributed by atoms with Crippen LogP contribution in [0.3, 0.4) is 0 Å². The lowest BCUT2D eigenvalue weighted by Crippen LogP contribution is -2.20. The molecule has 0 atom stereocenters. The van der Waals surface area contributed by atoms with Gasteiger partial charge in [0.2, 0.25) is 0 Å². The molecule has 0 aromatic heterocycles. The lowest BCUT2D eigenvalue weighted by atomic mass is 10.1. The fourth-order valence-corrected chi connectivity index (χ4v) is 3.02. The van der Waals surface area contributed by atoms with E-state index in [1.165, 1.54) is 44.6 Å². The van der Waals surface area contributed by atoms with E-state index in [1.807, 2.05) is 6.07 Å². The monoisotopic (exact) mass is 475 g/mol. The van der Waals surface area contributed by atoms with Gasteiger partial charge in [0.1, 0.15) is 23.2 Å². The number of hydrogen-bond acceptors (Lipinski definition) is 6. The second-order valence-electron chi connectivity index (χ2n) is 7.08. The Hall–Kier alpha value is -4.84. The highest BCUT2D eigenvalue weighted by Crippen LogP contribution is 2.29. The second kappa shape index (κ2) is 11.9. The summed E-state index contributed by atoms with van der Waals surface area (Å²) in [5.74, 6) is -0.359. The predicted octanol–water partition coefficient (Wildman–Crippen LogP) is 4.41. The van der Waals surface area contributed by atoms with Crippen molar-refractivity contribution >= 4 is 29.3 Å². The van der Waals surface area contributed by atoms with Crippen molar-refractivity contribution in [1.82, 2.24) is 0 Å². The van der Waals surface area contributed by atoms with Gasteiger partial charge in [-0.2, -0.15) is 5.26 Å². The molecule has 0 fully saturated rings. The molecule has 2 N–H and O–H groups in total. The summed E-state index contributed by atoms with van der Waals surface area (Å²) in [5, 5.41) is 14.7. The molecule has 3 aromatic rings. The molecular weight excluding hydrogens is 453 g/mol. The van der Waals surface area contributed by atoms with Gasteiger partial charge in [0.05, 0.1) is 19.9 Å². The van der Waals surface area contributed by atoms with Gasteiger partial charge >= 0.3 is 0 Å². The smallest absolute Gasteiger partial charge is 0.266 e. The van der Waals surface area contributed by atoms with Gasteiger partial charge in [-0.15, -0.1) is 0 Å². The van der Waals surface area contributed by atoms with Gasteiger partial charge in [-0.1, -0.05) is 18.2 Å². The first-order chi connectivity index (χ1) is 16.9. The zero-order valence-electron chi connectivity index (χ0n) is 19.0. The van der Waals surface area contributed by atoms with Crippen molar-refractivity contribution < 1.29 is 28.2 Å². The first-order valence-corrected chi connectivity index (χ1v) is 10.4. The van der Waals surface area contributed by atoms with E-state index < -0.39 is 17.6 Å². The molecule has 0 saturated carbocycles. The van der Waals surface area contributed by atoms with E-state index in [2.05, 4.69) is 10.6 Å². The van der Waals surface area contributed by atoms with Crippen LogP contribution in [-0.4, -0.2) is 32.6 Å². The topological polar surface area (TPSA) is 110 Å². The molecule has 3 aromatic carbocycles. The average Bonchev–Trinajstić information content (AvgIpc) is 2.87. The number of nitriles is 1. The van der Waals surface area contributed by atoms with Crippen molar-refractivity contribution in [3.63, 3.8) is 0 Å². The Morgan fingerprint density at radius 2 is 1.66 bits per heavy atom. The minimum atomic E-state index is -0.647. The molecule has 0 radical (unpaired) electrons. The molecule has 8 nitrogen and oxygen atoms in total. The van der Waals surface area contributed by atoms with Crippen LogP contribution in [0.5, 0.6) is 17.2 Å². The third-order valence-corrected chi connectivity index (χ3v) is 4.71. The second-order valence-corrected chi connectivity index (χ2v) is 7.08. The van der Waals surface area contributed by atoms with Gasteiger partial charge in [-0.25, -0.2) is 4.39 Å². The Kier molecular flexibility index (Phi) is 8.40. The third kappa shape index (κ3) is 6.82. The highest BCUT2D eigenvalue weighted by Gasteiger charge is 2.13. The highest BCUT2D eigenvalue weighted by atomic mass is 19.1. The summed E-state index contributed by atoms with van der Waals surface area (Å²) in [5.41, 5.74) is 1.20. The number of nitrogens with one attached hydrogen (secondary N) is 2. The van der Waals surface area contributed by atoms with Crippen molar-refractivity contribution in [2.24, 2.45) is 0 Å². The molecule has 0 aliphatic heterocycles. The Morgan fingerprint density at radius 1 is 0.943 bits per heavy atom. The lowest BCUT2D eigenvalue weighted by Gasteiger charge is -2.13. The molecule has 0 heterocycles. The van der Waals surface area contributed by atoms with E-state index in [0.29, 0.717) is 34.2 Å². The molecule has 0 unspecified atom stereocenters. The number of nitrogens with zero attached hydrogens (tertiary/aromatic N) is 1. The summed E-state index contributed by atoms with van der Waals surface area (Å²) in [6, 6.07) is 18.7. The molecule has 0 spiro atoms. The number of hydrogen-bond donors (Lipinski definition) is 2. The Labute approximate surface area is 201 Å². The van der Waals surface area contributed by atoms with E-state index in [4.69, 9.17) is 14.2 Å². The molecule has 0 bridgehead atoms. The van der Waals surface area contributed by atoms with E-state index in [-0.39, 0.29) is 12.2 Å². The number of benzene rings is 3. The lowest BCUT2D eigenvalue weighted by molar-refractivity contribution is -0.118. The van der Waals surface area contributed by atoms with Gasteiger partial charge in [0.25, 0.3) is 11.8 Å². The van der Waals surface area contributed by atoms with Crippen LogP contribution in [0.4, 0.5) is 15.8 Å². The number of rotatable bonds is 9. The van der Waals surface area contributed by atoms with E-state index in [1.54, 1.807) is 42.5 Å². The van der Waals surface area contributed by atoms with Crippen molar-refractivity contribution in [3.05, 3.63) is 83.7 Å². The van der Waals surface area contributed by atoms with E-state index in [9.17, 15) is 19.2 Å². The van der Waals surface area contributed by atoms with Crippen LogP contribution in [-0.2, 0) is 9.59 Å². The zero-order valence-corrected chi connectivity index (χ0v) is 19.0. The van der Waals surface area contributed by atoms with Gasteiger partial charge in [0.15, 0.2) is 18.1 Å². The van der Waals surface area contributed by atoms with Gasteiger partial charge in [-0.3, -0.25) is 9.59 Å². The molecule has 0 aliphatic rings. The minimum absolute atomic E-state index is 0.166. The fraction of sp³-hybridized carbons (Fsp3) is 0.115. The molecular formula is C26H22FN3O5. The van der Waals surface area contributed by atoms with Crippen molar-refractivity contribution in [2.75, 3.05) is 31.5 Å². The number of amides is 2. The molecule has 0 aliphatic carbocycles. The molecule has 3 rings (SSSR count). The first-order valence-electron chi connectivity index (χ1n) is 10.4. The Morgan fingerprint density at radius 3 is 2.34 bits per heavy atom. The quantitative estimate of drug-likeness (QED) is 0.351. The molecule has 2 amide bonds. The van der Waals surface area contributed by atoms with E-state index >= 15 is 0 Å². The molecule has 35 heavy (non-hydrogen) atoms. The average molecular weight is 475 g/mol. The SMILES string of the molecule is COc1ccccc1NC(=O)COc1ccc(/C=C(\C#N)C(=O)Nc2ccc(F)cc2)cc1OC. The Balaban J connectivity index is 1.68. The maximum atomic E-state index is 13.0. The van der Waals surface area contributed by atoms with Crippen LogP contribution >= 0.6 is 0 Å². The van der Waals surface area contributed by atoms with Crippen LogP contribution in [0.1, 0.15) is 5.56 Å². The minimum Gasteiger partial charge on any atom is -0.495 e. The maximum absolute atomic E-state index is 13.0. The first kappa shape index (κ1) is 24.8. The number of methoxy groups -OCH3 is 2. The van der Waals surface area contributed by atoms with Gasteiger partial charge in [0, 0.05) is 5.69 Å². The van der Waals surface area contributed by atoms with Crippen LogP contribution < -0.4 is 24.8 Å². The van der Waals surface area contributed by atoms with Crippen LogP contribution in [0, 0.1) is 17.1 Å². The molecule has 9 heteroatoms. The Bertz CT molecular complexity index is 1280. The van der Waals surface area contributed by atoms with Crippen LogP contribution in [0.15, 0.2) is 72.3 Å². The molecule has 0 saturated heterocycles. The summed E-state index contributed by atoms with van der Waals surface area (Å²) in [6.45, 7) is -0.285. The standard InChI is InChI=1S/C26H22FN3O5/c1-33-22-6-4-3-5-21(22)30-25(31)16-35-23-12-7-17(14-24(23)34-2)13-18(15-28)26(32)29-20-10-8-19(27)9-11-20/h3-14H,16H2,1-2H3,(H,29,32)(H,30,31)/b18-13+. The summed E-state index contributed by atoms with van der Waals surface area (Å²) < 4.78 is 29.2. The maximum Gasteiger partial charge on any atom is 0.266 e. The van der Waals surface area contributed by atoms with Crippen molar-refractivity contribution in [3.8, 4) is 23.3 Å². The normalized spacial score (nSPS) is 10.6. The largest absolute Gasteiger partial charge is 0.495 e. The van der Waals surface area contributed by atoms with Gasteiger partial charge < -0.3 is 24.8 Å². The third-order valence-electron chi connectivity index (χ3n) is 4.71. The number of ether oxygens (including phenoxy) is 3. The highest BCUT2D eigenvalue weighted by molar-refractivity contribution is 6.09. The summed E-state index contributed by atoms with van der Waals surface area (Å²) in [6.07, 6.45) is 1.37.